The maximum absolute atomic E-state index is 11.8. The molecule has 1 atom stereocenters. The second kappa shape index (κ2) is 7.40. The van der Waals surface area contributed by atoms with Gasteiger partial charge in [-0.2, -0.15) is 0 Å². The first-order valence-electron chi connectivity index (χ1n) is 7.26. The molecule has 6 heteroatoms. The van der Waals surface area contributed by atoms with E-state index in [0.29, 0.717) is 23.9 Å². The maximum Gasteiger partial charge on any atom is 0.226 e. The number of piperidine rings is 1. The van der Waals surface area contributed by atoms with Crippen molar-refractivity contribution >= 4 is 11.7 Å². The van der Waals surface area contributed by atoms with Gasteiger partial charge < -0.3 is 20.1 Å². The second-order valence-corrected chi connectivity index (χ2v) is 5.60. The summed E-state index contributed by atoms with van der Waals surface area (Å²) in [6.45, 7) is 5.84. The third-order valence-electron chi connectivity index (χ3n) is 3.58. The van der Waals surface area contributed by atoms with Crippen molar-refractivity contribution in [1.82, 2.24) is 15.4 Å². The van der Waals surface area contributed by atoms with Gasteiger partial charge in [0.05, 0.1) is 0 Å². The Morgan fingerprint density at radius 3 is 3.15 bits per heavy atom. The molecule has 1 fully saturated rings. The topological polar surface area (TPSA) is 70.4 Å². The lowest BCUT2D eigenvalue weighted by molar-refractivity contribution is -0.116. The van der Waals surface area contributed by atoms with Crippen molar-refractivity contribution in [2.75, 3.05) is 38.5 Å². The van der Waals surface area contributed by atoms with Crippen LogP contribution >= 0.6 is 0 Å². The minimum absolute atomic E-state index is 0.0214. The highest BCUT2D eigenvalue weighted by molar-refractivity contribution is 5.89. The lowest BCUT2D eigenvalue weighted by Crippen LogP contribution is -2.37. The molecule has 112 valence electrons. The van der Waals surface area contributed by atoms with Crippen LogP contribution in [0.5, 0.6) is 0 Å². The van der Waals surface area contributed by atoms with E-state index in [1.807, 2.05) is 0 Å². The smallest absolute Gasteiger partial charge is 0.226 e. The average molecular weight is 280 g/mol. The van der Waals surface area contributed by atoms with Gasteiger partial charge >= 0.3 is 0 Å². The molecule has 1 aliphatic heterocycles. The predicted octanol–water partition coefficient (Wildman–Crippen LogP) is 1.24. The van der Waals surface area contributed by atoms with Crippen molar-refractivity contribution in [2.24, 2.45) is 5.92 Å². The second-order valence-electron chi connectivity index (χ2n) is 5.60. The number of aromatic nitrogens is 1. The third-order valence-corrected chi connectivity index (χ3v) is 3.58. The molecule has 0 saturated carbocycles. The zero-order valence-electron chi connectivity index (χ0n) is 12.3. The van der Waals surface area contributed by atoms with Gasteiger partial charge in [-0.05, 0) is 45.8 Å². The Labute approximate surface area is 119 Å². The third kappa shape index (κ3) is 4.94. The summed E-state index contributed by atoms with van der Waals surface area (Å²) in [6.07, 6.45) is 3.01. The van der Waals surface area contributed by atoms with Gasteiger partial charge in [0, 0.05) is 25.6 Å². The van der Waals surface area contributed by atoms with Crippen LogP contribution in [-0.2, 0) is 4.79 Å². The molecule has 0 aliphatic carbocycles. The minimum Gasteiger partial charge on any atom is -0.360 e. The van der Waals surface area contributed by atoms with Gasteiger partial charge in [-0.15, -0.1) is 0 Å². The van der Waals surface area contributed by atoms with Gasteiger partial charge in [0.2, 0.25) is 5.91 Å². The summed E-state index contributed by atoms with van der Waals surface area (Å²) in [7, 11) is 2.07. The van der Waals surface area contributed by atoms with Crippen LogP contribution in [0.1, 0.15) is 25.0 Å². The van der Waals surface area contributed by atoms with Crippen LogP contribution in [0.25, 0.3) is 0 Å². The predicted molar refractivity (Wildman–Crippen MR) is 77.6 cm³/mol. The number of anilines is 1. The normalized spacial score (nSPS) is 19.2. The monoisotopic (exact) mass is 280 g/mol. The van der Waals surface area contributed by atoms with Crippen LogP contribution in [0.4, 0.5) is 5.82 Å². The Balaban J connectivity index is 1.64. The van der Waals surface area contributed by atoms with Crippen molar-refractivity contribution in [3.05, 3.63) is 11.8 Å². The van der Waals surface area contributed by atoms with Gasteiger partial charge in [-0.3, -0.25) is 4.79 Å². The fourth-order valence-electron chi connectivity index (χ4n) is 2.53. The molecule has 20 heavy (non-hydrogen) atoms. The van der Waals surface area contributed by atoms with Crippen molar-refractivity contribution in [1.29, 1.82) is 0 Å². The van der Waals surface area contributed by atoms with E-state index in [1.165, 1.54) is 12.8 Å². The molecule has 1 aromatic heterocycles. The molecule has 1 amide bonds. The largest absolute Gasteiger partial charge is 0.360 e. The van der Waals surface area contributed by atoms with Gasteiger partial charge in [0.15, 0.2) is 5.82 Å². The summed E-state index contributed by atoms with van der Waals surface area (Å²) in [5.74, 6) is 1.87. The Kier molecular flexibility index (Phi) is 5.55. The first-order valence-corrected chi connectivity index (χ1v) is 7.26. The first kappa shape index (κ1) is 15.0. The molecule has 2 rings (SSSR count). The van der Waals surface area contributed by atoms with Crippen LogP contribution in [-0.4, -0.2) is 49.2 Å². The number of nitrogens with zero attached hydrogens (tertiary/aromatic N) is 2. The zero-order valence-corrected chi connectivity index (χ0v) is 12.3. The molecule has 0 bridgehead atoms. The molecule has 0 aromatic carbocycles. The van der Waals surface area contributed by atoms with Crippen molar-refractivity contribution in [3.63, 3.8) is 0 Å². The molecule has 1 saturated heterocycles. The van der Waals surface area contributed by atoms with Gasteiger partial charge in [0.25, 0.3) is 0 Å². The SMILES string of the molecule is Cc1cc(NC(=O)CCN(C)CC2CCCNC2)no1. The number of hydrogen-bond donors (Lipinski definition) is 2. The van der Waals surface area contributed by atoms with E-state index in [1.54, 1.807) is 13.0 Å². The lowest BCUT2D eigenvalue weighted by Gasteiger charge is -2.27. The van der Waals surface area contributed by atoms with E-state index in [-0.39, 0.29) is 5.91 Å². The van der Waals surface area contributed by atoms with E-state index in [0.717, 1.165) is 26.2 Å². The van der Waals surface area contributed by atoms with Gasteiger partial charge in [-0.25, -0.2) is 0 Å². The molecule has 6 nitrogen and oxygen atoms in total. The molecule has 1 aliphatic rings. The molecule has 2 N–H and O–H groups in total. The van der Waals surface area contributed by atoms with Crippen LogP contribution in [0.2, 0.25) is 0 Å². The fraction of sp³-hybridized carbons (Fsp3) is 0.714. The van der Waals surface area contributed by atoms with Gasteiger partial charge in [-0.1, -0.05) is 5.16 Å². The van der Waals surface area contributed by atoms with E-state index in [9.17, 15) is 4.79 Å². The Bertz CT molecular complexity index is 427. The van der Waals surface area contributed by atoms with Crippen molar-refractivity contribution < 1.29 is 9.32 Å². The molecule has 1 aromatic rings. The highest BCUT2D eigenvalue weighted by Gasteiger charge is 2.15. The molecular formula is C14H24N4O2. The zero-order chi connectivity index (χ0) is 14.4. The van der Waals surface area contributed by atoms with Gasteiger partial charge in [0.1, 0.15) is 5.76 Å². The highest BCUT2D eigenvalue weighted by atomic mass is 16.5. The Morgan fingerprint density at radius 2 is 2.50 bits per heavy atom. The Hall–Kier alpha value is -1.40. The number of hydrogen-bond acceptors (Lipinski definition) is 5. The van der Waals surface area contributed by atoms with Crippen LogP contribution < -0.4 is 10.6 Å². The molecule has 1 unspecified atom stereocenters. The summed E-state index contributed by atoms with van der Waals surface area (Å²) in [5.41, 5.74) is 0. The summed E-state index contributed by atoms with van der Waals surface area (Å²) < 4.78 is 4.91. The number of carbonyl (C=O) groups is 1. The first-order chi connectivity index (χ1) is 9.63. The molecule has 0 spiro atoms. The number of rotatable bonds is 6. The van der Waals surface area contributed by atoms with Crippen LogP contribution in [0, 0.1) is 12.8 Å². The molecule has 0 radical (unpaired) electrons. The van der Waals surface area contributed by atoms with E-state index < -0.39 is 0 Å². The Morgan fingerprint density at radius 1 is 1.65 bits per heavy atom. The minimum atomic E-state index is -0.0214. The summed E-state index contributed by atoms with van der Waals surface area (Å²) in [5, 5.41) is 9.90. The number of amides is 1. The number of carbonyl (C=O) groups excluding carboxylic acids is 1. The highest BCUT2D eigenvalue weighted by Crippen LogP contribution is 2.11. The van der Waals surface area contributed by atoms with E-state index in [4.69, 9.17) is 4.52 Å². The summed E-state index contributed by atoms with van der Waals surface area (Å²) in [6, 6.07) is 1.72. The summed E-state index contributed by atoms with van der Waals surface area (Å²) >= 11 is 0. The number of nitrogens with one attached hydrogen (secondary N) is 2. The molecule has 2 heterocycles. The standard InChI is InChI=1S/C14H24N4O2/c1-11-8-13(17-20-11)16-14(19)5-7-18(2)10-12-4-3-6-15-9-12/h8,12,15H,3-7,9-10H2,1-2H3,(H,16,17,19). The fourth-order valence-corrected chi connectivity index (χ4v) is 2.53. The van der Waals surface area contributed by atoms with E-state index in [2.05, 4.69) is 27.7 Å². The van der Waals surface area contributed by atoms with Crippen molar-refractivity contribution in [2.45, 2.75) is 26.2 Å². The van der Waals surface area contributed by atoms with E-state index >= 15 is 0 Å². The quantitative estimate of drug-likeness (QED) is 0.820. The number of aryl methyl sites for hydroxylation is 1. The maximum atomic E-state index is 11.8. The van der Waals surface area contributed by atoms with Crippen LogP contribution in [0.15, 0.2) is 10.6 Å². The average Bonchev–Trinajstić information content (AvgIpc) is 2.83. The molecular weight excluding hydrogens is 256 g/mol. The van der Waals surface area contributed by atoms with Crippen molar-refractivity contribution in [3.8, 4) is 0 Å². The van der Waals surface area contributed by atoms with Crippen LogP contribution in [0.3, 0.4) is 0 Å². The lowest BCUT2D eigenvalue weighted by atomic mass is 9.99. The summed E-state index contributed by atoms with van der Waals surface area (Å²) in [4.78, 5) is 14.0.